The van der Waals surface area contributed by atoms with Crippen molar-refractivity contribution in [3.63, 3.8) is 0 Å². The molecule has 0 bridgehead atoms. The van der Waals surface area contributed by atoms with Crippen molar-refractivity contribution in [3.05, 3.63) is 29.8 Å². The number of hydrogen-bond acceptors (Lipinski definition) is 4. The van der Waals surface area contributed by atoms with Gasteiger partial charge in [0.1, 0.15) is 5.75 Å². The first-order chi connectivity index (χ1) is 11.2. The summed E-state index contributed by atoms with van der Waals surface area (Å²) in [5.41, 5.74) is 6.59. The summed E-state index contributed by atoms with van der Waals surface area (Å²) in [5, 5.41) is 5.41. The van der Waals surface area contributed by atoms with E-state index in [1.165, 1.54) is 0 Å². The lowest BCUT2D eigenvalue weighted by Gasteiger charge is -2.26. The zero-order valence-corrected chi connectivity index (χ0v) is 16.4. The maximum Gasteiger partial charge on any atom is 0.239 e. The molecule has 2 amide bonds. The fraction of sp³-hybridized carbons (Fsp3) is 0.556. The van der Waals surface area contributed by atoms with Crippen LogP contribution in [0.3, 0.4) is 0 Å². The van der Waals surface area contributed by atoms with Crippen molar-refractivity contribution < 1.29 is 14.3 Å². The van der Waals surface area contributed by atoms with Gasteiger partial charge >= 0.3 is 0 Å². The number of nitrogens with one attached hydrogen (secondary N) is 2. The number of halogens is 1. The van der Waals surface area contributed by atoms with Crippen LogP contribution in [0.15, 0.2) is 24.3 Å². The second kappa shape index (κ2) is 10.3. The number of carbonyl (C=O) groups is 2. The average Bonchev–Trinajstić information content (AvgIpc) is 2.57. The Bertz CT molecular complexity index is 559. The van der Waals surface area contributed by atoms with E-state index in [1.807, 2.05) is 52.0 Å². The van der Waals surface area contributed by atoms with Gasteiger partial charge in [-0.2, -0.15) is 0 Å². The monoisotopic (exact) mass is 371 g/mol. The van der Waals surface area contributed by atoms with Crippen LogP contribution in [0.5, 0.6) is 5.75 Å². The first-order valence-electron chi connectivity index (χ1n) is 8.12. The van der Waals surface area contributed by atoms with Crippen LogP contribution in [0.25, 0.3) is 0 Å². The summed E-state index contributed by atoms with van der Waals surface area (Å²) in [6.45, 7) is 8.20. The van der Waals surface area contributed by atoms with Crippen LogP contribution < -0.4 is 21.1 Å². The lowest BCUT2D eigenvalue weighted by atomic mass is 9.84. The van der Waals surface area contributed by atoms with Gasteiger partial charge in [-0.25, -0.2) is 0 Å². The third-order valence-electron chi connectivity index (χ3n) is 4.04. The van der Waals surface area contributed by atoms with Crippen molar-refractivity contribution in [2.45, 2.75) is 39.2 Å². The van der Waals surface area contributed by atoms with E-state index in [0.717, 1.165) is 11.3 Å². The summed E-state index contributed by atoms with van der Waals surface area (Å²) in [5.74, 6) is 0.278. The van der Waals surface area contributed by atoms with Crippen molar-refractivity contribution in [1.82, 2.24) is 10.6 Å². The zero-order chi connectivity index (χ0) is 18.3. The van der Waals surface area contributed by atoms with E-state index in [4.69, 9.17) is 10.5 Å². The molecule has 1 aromatic carbocycles. The van der Waals surface area contributed by atoms with Crippen LogP contribution >= 0.6 is 12.4 Å². The highest BCUT2D eigenvalue weighted by Crippen LogP contribution is 2.24. The number of benzene rings is 1. The molecule has 142 valence electrons. The Labute approximate surface area is 156 Å². The quantitative estimate of drug-likeness (QED) is 0.647. The lowest BCUT2D eigenvalue weighted by molar-refractivity contribution is -0.127. The van der Waals surface area contributed by atoms with Gasteiger partial charge in [0.25, 0.3) is 0 Å². The summed E-state index contributed by atoms with van der Waals surface area (Å²) < 4.78 is 5.15. The van der Waals surface area contributed by atoms with E-state index in [2.05, 4.69) is 10.6 Å². The fourth-order valence-corrected chi connectivity index (χ4v) is 2.11. The molecule has 0 radical (unpaired) electrons. The van der Waals surface area contributed by atoms with Crippen LogP contribution in [-0.2, 0) is 15.0 Å². The summed E-state index contributed by atoms with van der Waals surface area (Å²) >= 11 is 0. The standard InChI is InChI=1S/C18H29N3O3.ClH/c1-12(2)16(19)17(23)20-10-15(22)21-11-18(3,4)13-6-8-14(24-5)9-7-13;/h6-9,12,16H,10-11,19H2,1-5H3,(H,20,23)(H,21,22);1H/t16-;/m0./s1. The number of carbonyl (C=O) groups excluding carboxylic acids is 2. The van der Waals surface area contributed by atoms with Crippen molar-refractivity contribution in [2.75, 3.05) is 20.2 Å². The van der Waals surface area contributed by atoms with E-state index < -0.39 is 6.04 Å². The molecular formula is C18H30ClN3O3. The van der Waals surface area contributed by atoms with Crippen molar-refractivity contribution in [3.8, 4) is 5.75 Å². The Morgan fingerprint density at radius 3 is 2.20 bits per heavy atom. The molecule has 6 nitrogen and oxygen atoms in total. The van der Waals surface area contributed by atoms with Gasteiger partial charge in [-0.05, 0) is 23.6 Å². The lowest BCUT2D eigenvalue weighted by Crippen LogP contribution is -2.48. The maximum atomic E-state index is 11.9. The van der Waals surface area contributed by atoms with Gasteiger partial charge in [0, 0.05) is 12.0 Å². The molecule has 1 aromatic rings. The van der Waals surface area contributed by atoms with Crippen molar-refractivity contribution >= 4 is 24.2 Å². The molecule has 0 heterocycles. The van der Waals surface area contributed by atoms with E-state index in [-0.39, 0.29) is 42.1 Å². The number of nitrogens with two attached hydrogens (primary N) is 1. The third-order valence-corrected chi connectivity index (χ3v) is 4.04. The molecule has 0 unspecified atom stereocenters. The normalized spacial score (nSPS) is 12.1. The Kier molecular flexibility index (Phi) is 9.52. The Morgan fingerprint density at radius 1 is 1.16 bits per heavy atom. The van der Waals surface area contributed by atoms with Crippen LogP contribution in [0.1, 0.15) is 33.3 Å². The summed E-state index contributed by atoms with van der Waals surface area (Å²) in [7, 11) is 1.62. The predicted octanol–water partition coefficient (Wildman–Crippen LogP) is 1.61. The SMILES string of the molecule is COc1ccc(C(C)(C)CNC(=O)CNC(=O)[C@@H](N)C(C)C)cc1.Cl. The second-order valence-electron chi connectivity index (χ2n) is 6.88. The van der Waals surface area contributed by atoms with E-state index in [0.29, 0.717) is 6.54 Å². The molecule has 0 saturated carbocycles. The Morgan fingerprint density at radius 2 is 1.72 bits per heavy atom. The molecule has 0 saturated heterocycles. The smallest absolute Gasteiger partial charge is 0.239 e. The topological polar surface area (TPSA) is 93.5 Å². The number of methoxy groups -OCH3 is 1. The number of ether oxygens (including phenoxy) is 1. The Hall–Kier alpha value is -1.79. The van der Waals surface area contributed by atoms with Gasteiger partial charge in [0.15, 0.2) is 0 Å². The highest BCUT2D eigenvalue weighted by molar-refractivity contribution is 5.87. The fourth-order valence-electron chi connectivity index (χ4n) is 2.11. The predicted molar refractivity (Wildman–Crippen MR) is 102 cm³/mol. The molecule has 0 aliphatic carbocycles. The van der Waals surface area contributed by atoms with E-state index in [1.54, 1.807) is 7.11 Å². The highest BCUT2D eigenvalue weighted by atomic mass is 35.5. The number of hydrogen-bond donors (Lipinski definition) is 3. The second-order valence-corrected chi connectivity index (χ2v) is 6.88. The molecular weight excluding hydrogens is 342 g/mol. The van der Waals surface area contributed by atoms with Crippen LogP contribution in [-0.4, -0.2) is 38.1 Å². The molecule has 4 N–H and O–H groups in total. The first kappa shape index (κ1) is 23.2. The van der Waals surface area contributed by atoms with Crippen molar-refractivity contribution in [1.29, 1.82) is 0 Å². The molecule has 0 spiro atoms. The van der Waals surface area contributed by atoms with Crippen molar-refractivity contribution in [2.24, 2.45) is 11.7 Å². The van der Waals surface area contributed by atoms with Gasteiger partial charge in [-0.15, -0.1) is 12.4 Å². The number of amides is 2. The minimum absolute atomic E-state index is 0. The molecule has 0 aliphatic rings. The molecule has 0 aliphatic heterocycles. The number of rotatable bonds is 8. The largest absolute Gasteiger partial charge is 0.497 e. The van der Waals surface area contributed by atoms with E-state index in [9.17, 15) is 9.59 Å². The van der Waals surface area contributed by atoms with Gasteiger partial charge in [0.05, 0.1) is 19.7 Å². The molecule has 1 rings (SSSR count). The van der Waals surface area contributed by atoms with Crippen LogP contribution in [0, 0.1) is 5.92 Å². The molecule has 25 heavy (non-hydrogen) atoms. The average molecular weight is 372 g/mol. The summed E-state index contributed by atoms with van der Waals surface area (Å²) in [6, 6.07) is 7.15. The first-order valence-corrected chi connectivity index (χ1v) is 8.12. The minimum atomic E-state index is -0.603. The molecule has 7 heteroatoms. The third kappa shape index (κ3) is 7.32. The van der Waals surface area contributed by atoms with E-state index >= 15 is 0 Å². The van der Waals surface area contributed by atoms with Gasteiger partial charge < -0.3 is 21.1 Å². The zero-order valence-electron chi connectivity index (χ0n) is 15.6. The van der Waals surface area contributed by atoms with Crippen LogP contribution in [0.4, 0.5) is 0 Å². The molecule has 0 aromatic heterocycles. The highest BCUT2D eigenvalue weighted by Gasteiger charge is 2.22. The maximum absolute atomic E-state index is 11.9. The van der Waals surface area contributed by atoms with Gasteiger partial charge in [-0.1, -0.05) is 39.8 Å². The summed E-state index contributed by atoms with van der Waals surface area (Å²) in [6.07, 6.45) is 0. The van der Waals surface area contributed by atoms with Crippen LogP contribution in [0.2, 0.25) is 0 Å². The molecule has 1 atom stereocenters. The van der Waals surface area contributed by atoms with Gasteiger partial charge in [-0.3, -0.25) is 9.59 Å². The minimum Gasteiger partial charge on any atom is -0.497 e. The summed E-state index contributed by atoms with van der Waals surface area (Å²) in [4.78, 5) is 23.7. The van der Waals surface area contributed by atoms with Gasteiger partial charge in [0.2, 0.25) is 11.8 Å². The Balaban J connectivity index is 0.00000576. The molecule has 0 fully saturated rings.